The van der Waals surface area contributed by atoms with Crippen molar-refractivity contribution in [2.24, 2.45) is 7.05 Å². The van der Waals surface area contributed by atoms with E-state index in [4.69, 9.17) is 10.5 Å². The molecule has 1 aliphatic rings. The van der Waals surface area contributed by atoms with Crippen molar-refractivity contribution >= 4 is 5.69 Å². The highest BCUT2D eigenvalue weighted by atomic mass is 16.5. The largest absolute Gasteiger partial charge is 0.492 e. The molecule has 0 radical (unpaired) electrons. The molecule has 0 unspecified atom stereocenters. The molecular weight excluding hydrogens is 276 g/mol. The average molecular weight is 300 g/mol. The van der Waals surface area contributed by atoms with E-state index < -0.39 is 0 Å². The van der Waals surface area contributed by atoms with Gasteiger partial charge in [0.1, 0.15) is 12.4 Å². The molecule has 2 heterocycles. The number of hydrogen-bond acceptors (Lipinski definition) is 4. The van der Waals surface area contributed by atoms with Crippen LogP contribution in [0.15, 0.2) is 30.5 Å². The van der Waals surface area contributed by atoms with Gasteiger partial charge in [0.25, 0.3) is 0 Å². The van der Waals surface area contributed by atoms with Crippen molar-refractivity contribution in [2.45, 2.75) is 19.3 Å². The first kappa shape index (κ1) is 14.9. The van der Waals surface area contributed by atoms with Crippen molar-refractivity contribution in [3.05, 3.63) is 30.5 Å². The molecule has 1 fully saturated rings. The van der Waals surface area contributed by atoms with Gasteiger partial charge in [-0.25, -0.2) is 0 Å². The molecule has 0 atom stereocenters. The number of benzene rings is 1. The third-order valence-corrected chi connectivity index (χ3v) is 4.21. The minimum Gasteiger partial charge on any atom is -0.492 e. The molecule has 1 saturated heterocycles. The van der Waals surface area contributed by atoms with E-state index in [1.807, 2.05) is 36.0 Å². The number of aryl methyl sites for hydroxylation is 1. The summed E-state index contributed by atoms with van der Waals surface area (Å²) in [6.07, 6.45) is 5.76. The van der Waals surface area contributed by atoms with Gasteiger partial charge in [0.05, 0.1) is 5.69 Å². The predicted octanol–water partition coefficient (Wildman–Crippen LogP) is 2.53. The van der Waals surface area contributed by atoms with Crippen LogP contribution < -0.4 is 10.5 Å². The van der Waals surface area contributed by atoms with Gasteiger partial charge in [-0.2, -0.15) is 5.10 Å². The first-order valence-electron chi connectivity index (χ1n) is 7.97. The van der Waals surface area contributed by atoms with Gasteiger partial charge in [0.2, 0.25) is 0 Å². The Bertz CT molecular complexity index is 617. The van der Waals surface area contributed by atoms with Gasteiger partial charge in [0, 0.05) is 31.0 Å². The zero-order valence-electron chi connectivity index (χ0n) is 13.2. The van der Waals surface area contributed by atoms with Gasteiger partial charge in [-0.3, -0.25) is 9.58 Å². The standard InChI is InChI=1S/C17H24N4O/c1-20-16(7-8-19-20)15-13-14(18)5-6-17(15)22-12-11-21-9-3-2-4-10-21/h5-8,13H,2-4,9-12,18H2,1H3. The third-order valence-electron chi connectivity index (χ3n) is 4.21. The zero-order chi connectivity index (χ0) is 15.4. The molecule has 1 aromatic carbocycles. The molecule has 0 amide bonds. The van der Waals surface area contributed by atoms with E-state index in [9.17, 15) is 0 Å². The molecule has 0 aliphatic carbocycles. The van der Waals surface area contributed by atoms with Crippen LogP contribution in [0.5, 0.6) is 5.75 Å². The lowest BCUT2D eigenvalue weighted by Gasteiger charge is -2.26. The Kier molecular flexibility index (Phi) is 4.63. The summed E-state index contributed by atoms with van der Waals surface area (Å²) in [5.74, 6) is 0.870. The Morgan fingerprint density at radius 1 is 1.18 bits per heavy atom. The average Bonchev–Trinajstić information content (AvgIpc) is 2.96. The summed E-state index contributed by atoms with van der Waals surface area (Å²) in [6, 6.07) is 7.77. The molecule has 3 rings (SSSR count). The van der Waals surface area contributed by atoms with E-state index in [0.29, 0.717) is 6.61 Å². The maximum atomic E-state index is 6.04. The Morgan fingerprint density at radius 2 is 2.00 bits per heavy atom. The number of hydrogen-bond donors (Lipinski definition) is 1. The lowest BCUT2D eigenvalue weighted by atomic mass is 10.1. The van der Waals surface area contributed by atoms with E-state index in [2.05, 4.69) is 10.00 Å². The van der Waals surface area contributed by atoms with Crippen molar-refractivity contribution in [3.8, 4) is 17.0 Å². The number of nitrogens with zero attached hydrogens (tertiary/aromatic N) is 3. The van der Waals surface area contributed by atoms with E-state index >= 15 is 0 Å². The van der Waals surface area contributed by atoms with Gasteiger partial charge in [-0.15, -0.1) is 0 Å². The molecule has 0 saturated carbocycles. The van der Waals surface area contributed by atoms with Gasteiger partial charge < -0.3 is 10.5 Å². The van der Waals surface area contributed by atoms with Crippen molar-refractivity contribution < 1.29 is 4.74 Å². The number of nitrogen functional groups attached to an aromatic ring is 1. The topological polar surface area (TPSA) is 56.3 Å². The molecule has 22 heavy (non-hydrogen) atoms. The maximum absolute atomic E-state index is 6.04. The minimum absolute atomic E-state index is 0.703. The van der Waals surface area contributed by atoms with E-state index in [0.717, 1.165) is 29.2 Å². The molecule has 1 aromatic heterocycles. The second-order valence-corrected chi connectivity index (χ2v) is 5.85. The number of likely N-dealkylation sites (tertiary alicyclic amines) is 1. The molecule has 5 heteroatoms. The van der Waals surface area contributed by atoms with Crippen LogP contribution in [-0.2, 0) is 7.05 Å². The Hall–Kier alpha value is -2.01. The van der Waals surface area contributed by atoms with Crippen LogP contribution >= 0.6 is 0 Å². The molecule has 5 nitrogen and oxygen atoms in total. The van der Waals surface area contributed by atoms with E-state index in [1.165, 1.54) is 32.4 Å². The monoisotopic (exact) mass is 300 g/mol. The molecular formula is C17H24N4O. The van der Waals surface area contributed by atoms with E-state index in [-0.39, 0.29) is 0 Å². The van der Waals surface area contributed by atoms with Crippen LogP contribution in [0, 0.1) is 0 Å². The van der Waals surface area contributed by atoms with Crippen LogP contribution in [0.25, 0.3) is 11.3 Å². The Labute approximate surface area is 131 Å². The summed E-state index contributed by atoms with van der Waals surface area (Å²) in [7, 11) is 1.93. The molecule has 2 aromatic rings. The van der Waals surface area contributed by atoms with Crippen LogP contribution in [0.2, 0.25) is 0 Å². The second-order valence-electron chi connectivity index (χ2n) is 5.85. The fourth-order valence-electron chi connectivity index (χ4n) is 2.98. The van der Waals surface area contributed by atoms with Gasteiger partial charge in [0.15, 0.2) is 0 Å². The number of aromatic nitrogens is 2. The zero-order valence-corrected chi connectivity index (χ0v) is 13.2. The summed E-state index contributed by atoms with van der Waals surface area (Å²) >= 11 is 0. The highest BCUT2D eigenvalue weighted by molar-refractivity contribution is 5.71. The number of nitrogens with two attached hydrogens (primary N) is 1. The summed E-state index contributed by atoms with van der Waals surface area (Å²) in [5, 5.41) is 4.23. The first-order valence-corrected chi connectivity index (χ1v) is 7.97. The normalized spacial score (nSPS) is 15.9. The first-order chi connectivity index (χ1) is 10.7. The molecule has 0 spiro atoms. The smallest absolute Gasteiger partial charge is 0.128 e. The number of piperidine rings is 1. The molecule has 118 valence electrons. The maximum Gasteiger partial charge on any atom is 0.128 e. The molecule has 0 bridgehead atoms. The number of anilines is 1. The van der Waals surface area contributed by atoms with Crippen molar-refractivity contribution in [1.82, 2.24) is 14.7 Å². The lowest BCUT2D eigenvalue weighted by molar-refractivity contribution is 0.183. The molecule has 2 N–H and O–H groups in total. The van der Waals surface area contributed by atoms with Crippen LogP contribution in [0.1, 0.15) is 19.3 Å². The summed E-state index contributed by atoms with van der Waals surface area (Å²) in [4.78, 5) is 2.48. The molecule has 1 aliphatic heterocycles. The van der Waals surface area contributed by atoms with Gasteiger partial charge in [-0.05, 0) is 50.2 Å². The quantitative estimate of drug-likeness (QED) is 0.862. The predicted molar refractivity (Wildman–Crippen MR) is 88.8 cm³/mol. The summed E-state index contributed by atoms with van der Waals surface area (Å²) < 4.78 is 7.87. The Balaban J connectivity index is 1.69. The van der Waals surface area contributed by atoms with Crippen LogP contribution in [0.4, 0.5) is 5.69 Å². The summed E-state index contributed by atoms with van der Waals surface area (Å²) in [5.41, 5.74) is 8.68. The van der Waals surface area contributed by atoms with Crippen LogP contribution in [0.3, 0.4) is 0 Å². The minimum atomic E-state index is 0.703. The van der Waals surface area contributed by atoms with Crippen LogP contribution in [-0.4, -0.2) is 40.9 Å². The lowest BCUT2D eigenvalue weighted by Crippen LogP contribution is -2.33. The van der Waals surface area contributed by atoms with Crippen molar-refractivity contribution in [2.75, 3.05) is 32.0 Å². The number of ether oxygens (including phenoxy) is 1. The SMILES string of the molecule is Cn1nccc1-c1cc(N)ccc1OCCN1CCCCC1. The van der Waals surface area contributed by atoms with E-state index in [1.54, 1.807) is 6.20 Å². The van der Waals surface area contributed by atoms with Gasteiger partial charge in [-0.1, -0.05) is 6.42 Å². The van der Waals surface area contributed by atoms with Crippen molar-refractivity contribution in [1.29, 1.82) is 0 Å². The number of rotatable bonds is 5. The highest BCUT2D eigenvalue weighted by Crippen LogP contribution is 2.31. The second kappa shape index (κ2) is 6.83. The van der Waals surface area contributed by atoms with Gasteiger partial charge >= 0.3 is 0 Å². The fourth-order valence-corrected chi connectivity index (χ4v) is 2.98. The third kappa shape index (κ3) is 3.42. The van der Waals surface area contributed by atoms with Crippen molar-refractivity contribution in [3.63, 3.8) is 0 Å². The Morgan fingerprint density at radius 3 is 2.73 bits per heavy atom. The highest BCUT2D eigenvalue weighted by Gasteiger charge is 2.13. The summed E-state index contributed by atoms with van der Waals surface area (Å²) in [6.45, 7) is 4.07. The fraction of sp³-hybridized carbons (Fsp3) is 0.471.